The van der Waals surface area contributed by atoms with Crippen molar-refractivity contribution in [2.24, 2.45) is 0 Å². The van der Waals surface area contributed by atoms with Crippen LogP contribution in [0.3, 0.4) is 0 Å². The van der Waals surface area contributed by atoms with E-state index in [1.165, 1.54) is 0 Å². The van der Waals surface area contributed by atoms with E-state index in [9.17, 15) is 0 Å². The summed E-state index contributed by atoms with van der Waals surface area (Å²) in [4.78, 5) is 0. The first-order chi connectivity index (χ1) is 9.28. The highest BCUT2D eigenvalue weighted by atomic mass is 16.5. The molecule has 1 heterocycles. The minimum Gasteiger partial charge on any atom is -0.493 e. The van der Waals surface area contributed by atoms with Crippen LogP contribution in [0, 0.1) is 0 Å². The Kier molecular flexibility index (Phi) is 4.44. The molecule has 1 aromatic carbocycles. The van der Waals surface area contributed by atoms with Crippen LogP contribution in [0.25, 0.3) is 10.9 Å². The summed E-state index contributed by atoms with van der Waals surface area (Å²) < 4.78 is 11.4. The monoisotopic (exact) mass is 260 g/mol. The van der Waals surface area contributed by atoms with Crippen LogP contribution in [0.15, 0.2) is 31.0 Å². The van der Waals surface area contributed by atoms with Gasteiger partial charge in [0.1, 0.15) is 0 Å². The molecule has 1 unspecified atom stereocenters. The molecule has 102 valence electrons. The molecule has 0 fully saturated rings. The van der Waals surface area contributed by atoms with Gasteiger partial charge in [0.2, 0.25) is 0 Å². The van der Waals surface area contributed by atoms with Gasteiger partial charge in [0.25, 0.3) is 0 Å². The van der Waals surface area contributed by atoms with Crippen LogP contribution < -0.4 is 9.47 Å². The number of hydrogen-bond donors (Lipinski definition) is 1. The van der Waals surface area contributed by atoms with E-state index in [0.717, 1.165) is 41.7 Å². The topological polar surface area (TPSA) is 47.1 Å². The molecular weight excluding hydrogens is 240 g/mol. The van der Waals surface area contributed by atoms with E-state index in [0.29, 0.717) is 0 Å². The Bertz CT molecular complexity index is 548. The molecule has 1 aromatic heterocycles. The summed E-state index contributed by atoms with van der Waals surface area (Å²) >= 11 is 0. The number of allylic oxidation sites excluding steroid dienone is 1. The van der Waals surface area contributed by atoms with Gasteiger partial charge >= 0.3 is 0 Å². The van der Waals surface area contributed by atoms with E-state index < -0.39 is 0 Å². The van der Waals surface area contributed by atoms with Gasteiger partial charge in [-0.25, -0.2) is 0 Å². The molecule has 19 heavy (non-hydrogen) atoms. The largest absolute Gasteiger partial charge is 0.493 e. The van der Waals surface area contributed by atoms with Crippen molar-refractivity contribution in [3.05, 3.63) is 31.0 Å². The van der Waals surface area contributed by atoms with Gasteiger partial charge in [0.05, 0.1) is 24.9 Å². The molecule has 0 amide bonds. The van der Waals surface area contributed by atoms with Crippen LogP contribution in [0.5, 0.6) is 11.5 Å². The highest BCUT2D eigenvalue weighted by molar-refractivity contribution is 5.82. The average Bonchev–Trinajstić information content (AvgIpc) is 2.89. The molecule has 1 atom stereocenters. The smallest absolute Gasteiger partial charge is 0.163 e. The lowest BCUT2D eigenvalue weighted by Crippen LogP contribution is -2.15. The molecule has 2 aromatic rings. The summed E-state index contributed by atoms with van der Waals surface area (Å²) in [6, 6.07) is 3.88. The zero-order valence-corrected chi connectivity index (χ0v) is 11.5. The van der Waals surface area contributed by atoms with Gasteiger partial charge in [-0.05, 0) is 25.3 Å². The first-order valence-corrected chi connectivity index (χ1v) is 6.57. The fourth-order valence-corrected chi connectivity index (χ4v) is 2.03. The van der Waals surface area contributed by atoms with Crippen LogP contribution in [0.4, 0.5) is 0 Å². The lowest BCUT2D eigenvalue weighted by atomic mass is 10.1. The van der Waals surface area contributed by atoms with Gasteiger partial charge in [0, 0.05) is 11.5 Å². The number of aromatic nitrogens is 2. The van der Waals surface area contributed by atoms with Crippen molar-refractivity contribution >= 4 is 10.9 Å². The molecule has 4 heteroatoms. The summed E-state index contributed by atoms with van der Waals surface area (Å²) in [6.45, 7) is 5.87. The predicted molar refractivity (Wildman–Crippen MR) is 76.8 cm³/mol. The van der Waals surface area contributed by atoms with E-state index in [1.54, 1.807) is 13.3 Å². The number of methoxy groups -OCH3 is 1. The molecule has 0 bridgehead atoms. The van der Waals surface area contributed by atoms with Crippen LogP contribution in [0.1, 0.15) is 26.2 Å². The van der Waals surface area contributed by atoms with Crippen molar-refractivity contribution in [1.29, 1.82) is 0 Å². The maximum absolute atomic E-state index is 6.04. The van der Waals surface area contributed by atoms with E-state index in [2.05, 4.69) is 23.7 Å². The highest BCUT2D eigenvalue weighted by Crippen LogP contribution is 2.33. The number of aromatic amines is 1. The molecular formula is C15H20N2O2. The summed E-state index contributed by atoms with van der Waals surface area (Å²) in [7, 11) is 1.65. The van der Waals surface area contributed by atoms with Crippen molar-refractivity contribution < 1.29 is 9.47 Å². The first-order valence-electron chi connectivity index (χ1n) is 6.57. The number of fused-ring (bicyclic) bond motifs is 1. The predicted octanol–water partition coefficient (Wildman–Crippen LogP) is 3.70. The van der Waals surface area contributed by atoms with E-state index in [4.69, 9.17) is 9.47 Å². The summed E-state index contributed by atoms with van der Waals surface area (Å²) in [5.41, 5.74) is 0.953. The number of rotatable bonds is 7. The lowest BCUT2D eigenvalue weighted by Gasteiger charge is -2.18. The van der Waals surface area contributed by atoms with Crippen LogP contribution in [0.2, 0.25) is 0 Å². The molecule has 0 aliphatic carbocycles. The van der Waals surface area contributed by atoms with Crippen molar-refractivity contribution in [3.63, 3.8) is 0 Å². The van der Waals surface area contributed by atoms with Crippen LogP contribution >= 0.6 is 0 Å². The van der Waals surface area contributed by atoms with Crippen molar-refractivity contribution in [2.45, 2.75) is 32.3 Å². The summed E-state index contributed by atoms with van der Waals surface area (Å²) in [5, 5.41) is 7.98. The normalized spacial score (nSPS) is 12.3. The Morgan fingerprint density at radius 2 is 2.26 bits per heavy atom. The minimum atomic E-state index is 0.173. The maximum Gasteiger partial charge on any atom is 0.163 e. The third-order valence-electron chi connectivity index (χ3n) is 3.17. The third-order valence-corrected chi connectivity index (χ3v) is 3.17. The molecule has 0 aliphatic rings. The molecule has 1 N–H and O–H groups in total. The molecule has 0 radical (unpaired) electrons. The minimum absolute atomic E-state index is 0.173. The van der Waals surface area contributed by atoms with Gasteiger partial charge in [-0.1, -0.05) is 13.0 Å². The van der Waals surface area contributed by atoms with Gasteiger partial charge in [-0.3, -0.25) is 5.10 Å². The highest BCUT2D eigenvalue weighted by Gasteiger charge is 2.13. The molecule has 2 rings (SSSR count). The second kappa shape index (κ2) is 6.27. The van der Waals surface area contributed by atoms with Crippen LogP contribution in [-0.4, -0.2) is 23.4 Å². The van der Waals surface area contributed by atoms with E-state index >= 15 is 0 Å². The molecule has 0 saturated heterocycles. The Hall–Kier alpha value is -1.97. The quantitative estimate of drug-likeness (QED) is 0.772. The number of ether oxygens (including phenoxy) is 2. The molecule has 0 saturated carbocycles. The SMILES string of the molecule is C=CCCC(CC)Oc1cc2[nH]ncc2cc1OC. The Labute approximate surface area is 113 Å². The van der Waals surface area contributed by atoms with Gasteiger partial charge in [-0.15, -0.1) is 6.58 Å². The average molecular weight is 260 g/mol. The molecule has 0 aliphatic heterocycles. The number of hydrogen-bond acceptors (Lipinski definition) is 3. The summed E-state index contributed by atoms with van der Waals surface area (Å²) in [5.74, 6) is 1.50. The van der Waals surface area contributed by atoms with E-state index in [-0.39, 0.29) is 6.10 Å². The standard InChI is InChI=1S/C15H20N2O2/c1-4-6-7-12(5-2)19-15-9-13-11(10-16-17-13)8-14(15)18-3/h4,8-10,12H,1,5-7H2,2-3H3,(H,16,17). The van der Waals surface area contributed by atoms with Crippen molar-refractivity contribution in [1.82, 2.24) is 10.2 Å². The van der Waals surface area contributed by atoms with Gasteiger partial charge < -0.3 is 9.47 Å². The zero-order valence-electron chi connectivity index (χ0n) is 11.5. The van der Waals surface area contributed by atoms with E-state index in [1.807, 2.05) is 18.2 Å². The number of nitrogens with zero attached hydrogens (tertiary/aromatic N) is 1. The number of nitrogens with one attached hydrogen (secondary N) is 1. The number of H-pyrrole nitrogens is 1. The van der Waals surface area contributed by atoms with Gasteiger partial charge in [0.15, 0.2) is 11.5 Å². The Morgan fingerprint density at radius 1 is 1.42 bits per heavy atom. The van der Waals surface area contributed by atoms with Gasteiger partial charge in [-0.2, -0.15) is 5.10 Å². The lowest BCUT2D eigenvalue weighted by molar-refractivity contribution is 0.181. The fraction of sp³-hybridized carbons (Fsp3) is 0.400. The molecule has 4 nitrogen and oxygen atoms in total. The summed E-state index contributed by atoms with van der Waals surface area (Å²) in [6.07, 6.45) is 6.74. The van der Waals surface area contributed by atoms with Crippen molar-refractivity contribution in [2.75, 3.05) is 7.11 Å². The molecule has 0 spiro atoms. The Morgan fingerprint density at radius 3 is 2.95 bits per heavy atom. The third kappa shape index (κ3) is 3.08. The number of benzene rings is 1. The fourth-order valence-electron chi connectivity index (χ4n) is 2.03. The second-order valence-electron chi connectivity index (χ2n) is 4.47. The van der Waals surface area contributed by atoms with Crippen LogP contribution in [-0.2, 0) is 0 Å². The zero-order chi connectivity index (χ0) is 13.7. The maximum atomic E-state index is 6.04. The second-order valence-corrected chi connectivity index (χ2v) is 4.47. The Balaban J connectivity index is 2.23. The first kappa shape index (κ1) is 13.5. The van der Waals surface area contributed by atoms with Crippen molar-refractivity contribution in [3.8, 4) is 11.5 Å².